The Kier molecular flexibility index (Phi) is 4.49. The van der Waals surface area contributed by atoms with Crippen molar-refractivity contribution in [1.82, 2.24) is 4.90 Å². The molecule has 0 amide bonds. The van der Waals surface area contributed by atoms with Crippen LogP contribution in [-0.4, -0.2) is 55.6 Å². The van der Waals surface area contributed by atoms with Crippen molar-refractivity contribution in [3.8, 4) is 0 Å². The molecule has 0 aromatic rings. The first-order valence-electron chi connectivity index (χ1n) is 4.13. The first kappa shape index (κ1) is 9.88. The van der Waals surface area contributed by atoms with Gasteiger partial charge in [-0.2, -0.15) is 0 Å². The van der Waals surface area contributed by atoms with Crippen molar-refractivity contribution in [2.45, 2.75) is 6.10 Å². The molecule has 1 atom stereocenters. The molecule has 1 saturated heterocycles. The van der Waals surface area contributed by atoms with Gasteiger partial charge in [-0.05, 0) is 0 Å². The van der Waals surface area contributed by atoms with Gasteiger partial charge in [0.05, 0.1) is 25.9 Å². The zero-order valence-electron chi connectivity index (χ0n) is 7.11. The van der Waals surface area contributed by atoms with Gasteiger partial charge >= 0.3 is 0 Å². The van der Waals surface area contributed by atoms with E-state index in [4.69, 9.17) is 10.6 Å². The SMILES string of the molecule is NOCC(O)CN1CCOCC1. The second kappa shape index (κ2) is 5.45. The Morgan fingerprint density at radius 3 is 2.75 bits per heavy atom. The second-order valence-electron chi connectivity index (χ2n) is 2.90. The predicted octanol–water partition coefficient (Wildman–Crippen LogP) is -1.43. The number of β-amino-alcohol motifs (C(OH)–C–C–N with tert-alkyl or cyclic N) is 1. The molecule has 1 aliphatic heterocycles. The van der Waals surface area contributed by atoms with Crippen LogP contribution in [0.3, 0.4) is 0 Å². The molecule has 72 valence electrons. The summed E-state index contributed by atoms with van der Waals surface area (Å²) in [6.07, 6.45) is -0.493. The van der Waals surface area contributed by atoms with Crippen molar-refractivity contribution in [2.24, 2.45) is 5.90 Å². The summed E-state index contributed by atoms with van der Waals surface area (Å²) >= 11 is 0. The van der Waals surface area contributed by atoms with Crippen LogP contribution in [0.2, 0.25) is 0 Å². The zero-order valence-corrected chi connectivity index (χ0v) is 7.11. The monoisotopic (exact) mass is 176 g/mol. The quantitative estimate of drug-likeness (QED) is 0.514. The first-order chi connectivity index (χ1) is 5.83. The highest BCUT2D eigenvalue weighted by Crippen LogP contribution is 1.98. The third-order valence-corrected chi connectivity index (χ3v) is 1.86. The number of rotatable bonds is 4. The van der Waals surface area contributed by atoms with Crippen LogP contribution >= 0.6 is 0 Å². The molecular weight excluding hydrogens is 160 g/mol. The number of aliphatic hydroxyl groups excluding tert-OH is 1. The molecular formula is C7H16N2O3. The third-order valence-electron chi connectivity index (χ3n) is 1.86. The number of nitrogens with zero attached hydrogens (tertiary/aromatic N) is 1. The summed E-state index contributed by atoms with van der Waals surface area (Å²) in [5.74, 6) is 4.83. The highest BCUT2D eigenvalue weighted by molar-refractivity contribution is 4.66. The van der Waals surface area contributed by atoms with Crippen molar-refractivity contribution >= 4 is 0 Å². The van der Waals surface area contributed by atoms with E-state index in [2.05, 4.69) is 9.74 Å². The Balaban J connectivity index is 2.11. The number of ether oxygens (including phenoxy) is 1. The second-order valence-corrected chi connectivity index (χ2v) is 2.90. The van der Waals surface area contributed by atoms with Crippen LogP contribution < -0.4 is 5.90 Å². The lowest BCUT2D eigenvalue weighted by molar-refractivity contribution is -0.0144. The molecule has 0 radical (unpaired) electrons. The van der Waals surface area contributed by atoms with E-state index in [0.717, 1.165) is 26.3 Å². The van der Waals surface area contributed by atoms with E-state index in [-0.39, 0.29) is 6.61 Å². The lowest BCUT2D eigenvalue weighted by Crippen LogP contribution is -2.42. The summed E-state index contributed by atoms with van der Waals surface area (Å²) in [5.41, 5.74) is 0. The Hall–Kier alpha value is -0.200. The van der Waals surface area contributed by atoms with E-state index < -0.39 is 6.10 Å². The maximum absolute atomic E-state index is 9.31. The van der Waals surface area contributed by atoms with Gasteiger partial charge in [0.25, 0.3) is 0 Å². The Labute approximate surface area is 72.0 Å². The van der Waals surface area contributed by atoms with Crippen molar-refractivity contribution < 1.29 is 14.7 Å². The summed E-state index contributed by atoms with van der Waals surface area (Å²) < 4.78 is 5.16. The normalized spacial score (nSPS) is 22.5. The van der Waals surface area contributed by atoms with Gasteiger partial charge in [-0.15, -0.1) is 0 Å². The van der Waals surface area contributed by atoms with Gasteiger partial charge in [-0.3, -0.25) is 4.90 Å². The minimum atomic E-state index is -0.493. The molecule has 1 aliphatic rings. The summed E-state index contributed by atoms with van der Waals surface area (Å²) in [6.45, 7) is 4.05. The van der Waals surface area contributed by atoms with E-state index in [1.54, 1.807) is 0 Å². The molecule has 1 fully saturated rings. The standard InChI is InChI=1S/C7H16N2O3/c8-12-6-7(10)5-9-1-3-11-4-2-9/h7,10H,1-6,8H2. The van der Waals surface area contributed by atoms with Crippen LogP contribution in [0.25, 0.3) is 0 Å². The van der Waals surface area contributed by atoms with Gasteiger partial charge in [-0.1, -0.05) is 0 Å². The number of hydrogen-bond acceptors (Lipinski definition) is 5. The summed E-state index contributed by atoms with van der Waals surface area (Å²) in [5, 5.41) is 9.31. The van der Waals surface area contributed by atoms with E-state index in [0.29, 0.717) is 6.54 Å². The number of morpholine rings is 1. The first-order valence-corrected chi connectivity index (χ1v) is 4.13. The Bertz CT molecular complexity index is 117. The third kappa shape index (κ3) is 3.46. The van der Waals surface area contributed by atoms with Gasteiger partial charge in [0, 0.05) is 19.6 Å². The molecule has 0 saturated carbocycles. The van der Waals surface area contributed by atoms with Gasteiger partial charge in [0.1, 0.15) is 0 Å². The largest absolute Gasteiger partial charge is 0.389 e. The minimum Gasteiger partial charge on any atom is -0.389 e. The van der Waals surface area contributed by atoms with Crippen LogP contribution in [0.5, 0.6) is 0 Å². The lowest BCUT2D eigenvalue weighted by atomic mass is 10.3. The van der Waals surface area contributed by atoms with Gasteiger partial charge in [-0.25, -0.2) is 5.90 Å². The summed E-state index contributed by atoms with van der Waals surface area (Å²) in [7, 11) is 0. The Morgan fingerprint density at radius 1 is 1.50 bits per heavy atom. The number of nitrogens with two attached hydrogens (primary N) is 1. The van der Waals surface area contributed by atoms with E-state index in [1.807, 2.05) is 0 Å². The van der Waals surface area contributed by atoms with Gasteiger partial charge in [0.2, 0.25) is 0 Å². The molecule has 0 spiro atoms. The molecule has 5 nitrogen and oxygen atoms in total. The average molecular weight is 176 g/mol. The molecule has 1 rings (SSSR count). The molecule has 3 N–H and O–H groups in total. The van der Waals surface area contributed by atoms with Crippen molar-refractivity contribution in [3.63, 3.8) is 0 Å². The molecule has 0 aromatic carbocycles. The fourth-order valence-corrected chi connectivity index (χ4v) is 1.25. The molecule has 0 aromatic heterocycles. The molecule has 0 aliphatic carbocycles. The van der Waals surface area contributed by atoms with Crippen LogP contribution in [0, 0.1) is 0 Å². The number of hydrogen-bond donors (Lipinski definition) is 2. The van der Waals surface area contributed by atoms with Crippen LogP contribution in [0.4, 0.5) is 0 Å². The van der Waals surface area contributed by atoms with Crippen LogP contribution in [-0.2, 0) is 9.57 Å². The van der Waals surface area contributed by atoms with E-state index >= 15 is 0 Å². The smallest absolute Gasteiger partial charge is 0.0951 e. The molecule has 1 heterocycles. The topological polar surface area (TPSA) is 68.0 Å². The molecule has 0 bridgehead atoms. The average Bonchev–Trinajstić information content (AvgIpc) is 2.06. The molecule has 12 heavy (non-hydrogen) atoms. The molecule has 5 heteroatoms. The summed E-state index contributed by atoms with van der Waals surface area (Å²) in [6, 6.07) is 0. The van der Waals surface area contributed by atoms with E-state index in [9.17, 15) is 5.11 Å². The minimum absolute atomic E-state index is 0.192. The fraction of sp³-hybridized carbons (Fsp3) is 1.00. The van der Waals surface area contributed by atoms with Gasteiger partial charge < -0.3 is 14.7 Å². The van der Waals surface area contributed by atoms with Crippen LogP contribution in [0.1, 0.15) is 0 Å². The summed E-state index contributed by atoms with van der Waals surface area (Å²) in [4.78, 5) is 6.47. The van der Waals surface area contributed by atoms with Crippen molar-refractivity contribution in [2.75, 3.05) is 39.5 Å². The highest BCUT2D eigenvalue weighted by Gasteiger charge is 2.14. The van der Waals surface area contributed by atoms with Gasteiger partial charge in [0.15, 0.2) is 0 Å². The maximum atomic E-state index is 9.31. The fourth-order valence-electron chi connectivity index (χ4n) is 1.25. The van der Waals surface area contributed by atoms with Crippen LogP contribution in [0.15, 0.2) is 0 Å². The lowest BCUT2D eigenvalue weighted by Gasteiger charge is -2.28. The Morgan fingerprint density at radius 2 is 2.17 bits per heavy atom. The van der Waals surface area contributed by atoms with E-state index in [1.165, 1.54) is 0 Å². The maximum Gasteiger partial charge on any atom is 0.0951 e. The highest BCUT2D eigenvalue weighted by atomic mass is 16.6. The predicted molar refractivity (Wildman–Crippen MR) is 43.4 cm³/mol. The van der Waals surface area contributed by atoms with Crippen molar-refractivity contribution in [1.29, 1.82) is 0 Å². The van der Waals surface area contributed by atoms with Crippen molar-refractivity contribution in [3.05, 3.63) is 0 Å². The number of aliphatic hydroxyl groups is 1. The molecule has 1 unspecified atom stereocenters. The zero-order chi connectivity index (χ0) is 8.81.